The molecule has 0 aliphatic heterocycles. The molecule has 0 rings (SSSR count). The van der Waals surface area contributed by atoms with Crippen molar-refractivity contribution in [3.63, 3.8) is 0 Å². The second-order valence-electron chi connectivity index (χ2n) is 14.0. The summed E-state index contributed by atoms with van der Waals surface area (Å²) in [4.78, 5) is 42.8. The molecule has 0 amide bonds. The maximum atomic E-state index is 12.4. The van der Waals surface area contributed by atoms with Crippen molar-refractivity contribution in [1.82, 2.24) is 0 Å². The van der Waals surface area contributed by atoms with Crippen LogP contribution in [-0.4, -0.2) is 41.0 Å². The topological polar surface area (TPSA) is 119 Å². The standard InChI is InChI=1S/C42H77O8P/c1-3-5-7-9-11-13-15-17-19-20-21-22-23-25-26-28-30-32-34-36-41(43)48-38-40(39-49-51(45,46)47)50-42(44)37-35-33-31-29-27-24-18-16-14-12-10-8-6-4-2/h10,12,16-19,40H,3-9,11,13-15,20-39H2,1-2H3,(H2,45,46,47)/b12-10+,18-16+,19-17+/t40-/m1/s1. The van der Waals surface area contributed by atoms with Gasteiger partial charge in [-0.15, -0.1) is 0 Å². The van der Waals surface area contributed by atoms with Crippen molar-refractivity contribution in [3.05, 3.63) is 36.5 Å². The van der Waals surface area contributed by atoms with Crippen molar-refractivity contribution >= 4 is 19.8 Å². The van der Waals surface area contributed by atoms with Crippen LogP contribution in [0.2, 0.25) is 0 Å². The molecule has 1 atom stereocenters. The Morgan fingerprint density at radius 2 is 0.902 bits per heavy atom. The first-order chi connectivity index (χ1) is 24.8. The maximum absolute atomic E-state index is 12.4. The number of carbonyl (C=O) groups excluding carboxylic acids is 2. The van der Waals surface area contributed by atoms with Crippen LogP contribution in [0.15, 0.2) is 36.5 Å². The van der Waals surface area contributed by atoms with E-state index in [1.807, 2.05) is 0 Å². The lowest BCUT2D eigenvalue weighted by Gasteiger charge is -2.18. The van der Waals surface area contributed by atoms with Crippen LogP contribution in [0.5, 0.6) is 0 Å². The van der Waals surface area contributed by atoms with Crippen LogP contribution in [0.25, 0.3) is 0 Å². The highest BCUT2D eigenvalue weighted by Crippen LogP contribution is 2.36. The molecule has 0 aromatic heterocycles. The number of allylic oxidation sites excluding steroid dienone is 6. The molecule has 51 heavy (non-hydrogen) atoms. The van der Waals surface area contributed by atoms with Crippen molar-refractivity contribution in [3.8, 4) is 0 Å². The maximum Gasteiger partial charge on any atom is 0.469 e. The third-order valence-corrected chi connectivity index (χ3v) is 9.37. The molecule has 0 spiro atoms. The fourth-order valence-corrected chi connectivity index (χ4v) is 6.10. The number of unbranched alkanes of at least 4 members (excludes halogenated alkanes) is 22. The fourth-order valence-electron chi connectivity index (χ4n) is 5.74. The molecule has 0 aromatic rings. The highest BCUT2D eigenvalue weighted by molar-refractivity contribution is 7.46. The lowest BCUT2D eigenvalue weighted by atomic mass is 10.1. The van der Waals surface area contributed by atoms with E-state index in [0.717, 1.165) is 64.2 Å². The SMILES string of the molecule is CCCC/C=C/C/C=C/CCCCCCCC(=O)O[C@H](COC(=O)CCCCCCCCCCC/C=C/CCCCCCCC)COP(=O)(O)O. The summed E-state index contributed by atoms with van der Waals surface area (Å²) >= 11 is 0. The first kappa shape index (κ1) is 49.3. The van der Waals surface area contributed by atoms with Gasteiger partial charge in [0, 0.05) is 12.8 Å². The highest BCUT2D eigenvalue weighted by Gasteiger charge is 2.22. The first-order valence-corrected chi connectivity index (χ1v) is 22.3. The van der Waals surface area contributed by atoms with Crippen molar-refractivity contribution < 1.29 is 37.9 Å². The average molecular weight is 741 g/mol. The summed E-state index contributed by atoms with van der Waals surface area (Å²) < 4.78 is 26.4. The third kappa shape index (κ3) is 40.9. The van der Waals surface area contributed by atoms with Crippen LogP contribution in [0.4, 0.5) is 0 Å². The summed E-state index contributed by atoms with van der Waals surface area (Å²) in [6.45, 7) is 3.63. The number of ether oxygens (including phenoxy) is 2. The number of hydrogen-bond acceptors (Lipinski definition) is 6. The summed E-state index contributed by atoms with van der Waals surface area (Å²) in [6.07, 6.45) is 44.3. The van der Waals surface area contributed by atoms with Gasteiger partial charge < -0.3 is 19.3 Å². The van der Waals surface area contributed by atoms with Crippen molar-refractivity contribution in [2.24, 2.45) is 0 Å². The molecule has 0 unspecified atom stereocenters. The molecule has 0 fully saturated rings. The van der Waals surface area contributed by atoms with E-state index in [-0.39, 0.29) is 19.4 Å². The quantitative estimate of drug-likeness (QED) is 0.0278. The Morgan fingerprint density at radius 3 is 1.37 bits per heavy atom. The zero-order chi connectivity index (χ0) is 37.5. The monoisotopic (exact) mass is 741 g/mol. The van der Waals surface area contributed by atoms with Gasteiger partial charge in [-0.25, -0.2) is 4.57 Å². The first-order valence-electron chi connectivity index (χ1n) is 20.8. The van der Waals surface area contributed by atoms with Crippen LogP contribution in [0, 0.1) is 0 Å². The summed E-state index contributed by atoms with van der Waals surface area (Å²) in [6, 6.07) is 0. The molecule has 0 aromatic carbocycles. The largest absolute Gasteiger partial charge is 0.469 e. The van der Waals surface area contributed by atoms with Crippen molar-refractivity contribution in [1.29, 1.82) is 0 Å². The molecule has 0 saturated heterocycles. The zero-order valence-corrected chi connectivity index (χ0v) is 33.6. The van der Waals surface area contributed by atoms with E-state index in [0.29, 0.717) is 6.42 Å². The second-order valence-corrected chi connectivity index (χ2v) is 15.2. The van der Waals surface area contributed by atoms with Crippen molar-refractivity contribution in [2.75, 3.05) is 13.2 Å². The van der Waals surface area contributed by atoms with Gasteiger partial charge >= 0.3 is 19.8 Å². The molecule has 0 heterocycles. The van der Waals surface area contributed by atoms with Crippen LogP contribution in [-0.2, 0) is 28.2 Å². The van der Waals surface area contributed by atoms with E-state index in [2.05, 4.69) is 54.8 Å². The van der Waals surface area contributed by atoms with Gasteiger partial charge in [-0.3, -0.25) is 14.1 Å². The number of esters is 2. The van der Waals surface area contributed by atoms with E-state index in [4.69, 9.17) is 19.3 Å². The Balaban J connectivity index is 3.91. The van der Waals surface area contributed by atoms with Crippen LogP contribution in [0.1, 0.15) is 200 Å². The molecule has 0 aliphatic rings. The van der Waals surface area contributed by atoms with E-state index in [1.54, 1.807) is 0 Å². The minimum Gasteiger partial charge on any atom is -0.462 e. The number of hydrogen-bond donors (Lipinski definition) is 2. The lowest BCUT2D eigenvalue weighted by Crippen LogP contribution is -2.29. The van der Waals surface area contributed by atoms with E-state index in [1.165, 1.54) is 103 Å². The molecular weight excluding hydrogens is 663 g/mol. The normalized spacial score (nSPS) is 12.8. The Labute approximate surface area is 312 Å². The Bertz CT molecular complexity index is 926. The average Bonchev–Trinajstić information content (AvgIpc) is 3.10. The van der Waals surface area contributed by atoms with Crippen molar-refractivity contribution in [2.45, 2.75) is 206 Å². The molecule has 298 valence electrons. The van der Waals surface area contributed by atoms with Crippen LogP contribution < -0.4 is 0 Å². The lowest BCUT2D eigenvalue weighted by molar-refractivity contribution is -0.161. The molecule has 0 saturated carbocycles. The molecular formula is C42H77O8P. The molecule has 8 nitrogen and oxygen atoms in total. The van der Waals surface area contributed by atoms with Gasteiger partial charge in [0.05, 0.1) is 6.61 Å². The van der Waals surface area contributed by atoms with Gasteiger partial charge in [0.25, 0.3) is 0 Å². The van der Waals surface area contributed by atoms with Crippen LogP contribution in [0.3, 0.4) is 0 Å². The molecule has 2 N–H and O–H groups in total. The highest BCUT2D eigenvalue weighted by atomic mass is 31.2. The summed E-state index contributed by atoms with van der Waals surface area (Å²) in [7, 11) is -4.76. The Kier molecular flexibility index (Phi) is 36.7. The Hall–Kier alpha value is -1.73. The van der Waals surface area contributed by atoms with Gasteiger partial charge in [0.2, 0.25) is 0 Å². The second kappa shape index (κ2) is 38.0. The van der Waals surface area contributed by atoms with Gasteiger partial charge in [-0.05, 0) is 64.2 Å². The fraction of sp³-hybridized carbons (Fsp3) is 0.810. The Morgan fingerprint density at radius 1 is 0.510 bits per heavy atom. The summed E-state index contributed by atoms with van der Waals surface area (Å²) in [5, 5.41) is 0. The van der Waals surface area contributed by atoms with Gasteiger partial charge in [-0.2, -0.15) is 0 Å². The summed E-state index contributed by atoms with van der Waals surface area (Å²) in [5.74, 6) is -0.900. The number of carbonyl (C=O) groups is 2. The van der Waals surface area contributed by atoms with Crippen LogP contribution >= 0.6 is 7.82 Å². The minimum atomic E-state index is -4.76. The third-order valence-electron chi connectivity index (χ3n) is 8.88. The number of rotatable bonds is 38. The molecule has 0 radical (unpaired) electrons. The minimum absolute atomic E-state index is 0.196. The predicted octanol–water partition coefficient (Wildman–Crippen LogP) is 12.6. The van der Waals surface area contributed by atoms with Gasteiger partial charge in [0.15, 0.2) is 6.10 Å². The molecule has 0 bridgehead atoms. The number of phosphoric ester groups is 1. The molecule has 9 heteroatoms. The molecule has 0 aliphatic carbocycles. The van der Waals surface area contributed by atoms with E-state index in [9.17, 15) is 14.2 Å². The zero-order valence-electron chi connectivity index (χ0n) is 32.8. The van der Waals surface area contributed by atoms with E-state index >= 15 is 0 Å². The summed E-state index contributed by atoms with van der Waals surface area (Å²) in [5.41, 5.74) is 0. The van der Waals surface area contributed by atoms with Gasteiger partial charge in [0.1, 0.15) is 6.61 Å². The van der Waals surface area contributed by atoms with Gasteiger partial charge in [-0.1, -0.05) is 159 Å². The predicted molar refractivity (Wildman–Crippen MR) is 211 cm³/mol. The number of phosphoric acid groups is 1. The van der Waals surface area contributed by atoms with E-state index < -0.39 is 32.5 Å². The smallest absolute Gasteiger partial charge is 0.462 e.